The molecule has 3 heterocycles. The molecule has 1 unspecified atom stereocenters. The molecule has 0 saturated heterocycles. The highest BCUT2D eigenvalue weighted by atomic mass is 35.5. The molecule has 1 aromatic carbocycles. The fourth-order valence-electron chi connectivity index (χ4n) is 3.82. The highest BCUT2D eigenvalue weighted by molar-refractivity contribution is 6.30. The summed E-state index contributed by atoms with van der Waals surface area (Å²) in [4.78, 5) is 27.4. The Balaban J connectivity index is 1.43. The van der Waals surface area contributed by atoms with Crippen molar-refractivity contribution < 1.29 is 18.7 Å². The first-order valence-corrected chi connectivity index (χ1v) is 11.2. The van der Waals surface area contributed by atoms with E-state index in [1.54, 1.807) is 42.1 Å². The Labute approximate surface area is 201 Å². The lowest BCUT2D eigenvalue weighted by Gasteiger charge is -2.18. The maximum Gasteiger partial charge on any atom is 0.224 e. The van der Waals surface area contributed by atoms with E-state index in [2.05, 4.69) is 5.32 Å². The largest absolute Gasteiger partial charge is 0.472 e. The molecule has 9 heteroatoms. The number of nitrogens with zero attached hydrogens (tertiary/aromatic N) is 2. The summed E-state index contributed by atoms with van der Waals surface area (Å²) in [6, 6.07) is 10.6. The van der Waals surface area contributed by atoms with E-state index in [0.717, 1.165) is 5.56 Å². The Morgan fingerprint density at radius 1 is 1.26 bits per heavy atom. The van der Waals surface area contributed by atoms with Crippen molar-refractivity contribution in [2.45, 2.75) is 25.6 Å². The molecule has 34 heavy (non-hydrogen) atoms. The average molecular weight is 484 g/mol. The van der Waals surface area contributed by atoms with Crippen molar-refractivity contribution in [3.8, 4) is 0 Å². The summed E-state index contributed by atoms with van der Waals surface area (Å²) in [6.45, 7) is 1.12. The number of pyridine rings is 1. The lowest BCUT2D eigenvalue weighted by atomic mass is 10.1. The Morgan fingerprint density at radius 3 is 2.74 bits per heavy atom. The Hall–Kier alpha value is -3.33. The number of hydrogen-bond acceptors (Lipinski definition) is 6. The van der Waals surface area contributed by atoms with E-state index in [-0.39, 0.29) is 17.8 Å². The molecule has 0 aliphatic rings. The number of rotatable bonds is 9. The van der Waals surface area contributed by atoms with Crippen LogP contribution in [0.2, 0.25) is 5.02 Å². The molecule has 0 fully saturated rings. The van der Waals surface area contributed by atoms with Gasteiger partial charge in [-0.05, 0) is 36.9 Å². The second-order valence-corrected chi connectivity index (χ2v) is 8.81. The van der Waals surface area contributed by atoms with Gasteiger partial charge in [-0.1, -0.05) is 23.7 Å². The number of aromatic nitrogens is 1. The Kier molecular flexibility index (Phi) is 7.21. The monoisotopic (exact) mass is 483 g/mol. The van der Waals surface area contributed by atoms with Crippen molar-refractivity contribution in [2.75, 3.05) is 13.6 Å². The van der Waals surface area contributed by atoms with Crippen molar-refractivity contribution in [3.05, 3.63) is 92.8 Å². The molecule has 4 rings (SSSR count). The summed E-state index contributed by atoms with van der Waals surface area (Å²) >= 11 is 5.88. The van der Waals surface area contributed by atoms with Crippen LogP contribution in [0.25, 0.3) is 11.1 Å². The number of amides is 1. The first-order chi connectivity index (χ1) is 16.3. The number of benzene rings is 1. The highest BCUT2D eigenvalue weighted by Gasteiger charge is 2.18. The number of aliphatic hydroxyl groups is 1. The molecule has 1 amide bonds. The SMILES string of the molecule is CN(Cc1cc2c(=O)c(CC(=O)NCc3ccc(Cl)cc3)cn(C)c2o1)CC(O)c1ccoc1. The lowest BCUT2D eigenvalue weighted by Crippen LogP contribution is -2.27. The Morgan fingerprint density at radius 2 is 2.03 bits per heavy atom. The number of aryl methyl sites for hydroxylation is 1. The van der Waals surface area contributed by atoms with Gasteiger partial charge in [0.25, 0.3) is 0 Å². The van der Waals surface area contributed by atoms with Gasteiger partial charge in [0.05, 0.1) is 37.0 Å². The van der Waals surface area contributed by atoms with Crippen LogP contribution in [0, 0.1) is 0 Å². The van der Waals surface area contributed by atoms with Crippen molar-refractivity contribution in [2.24, 2.45) is 7.05 Å². The van der Waals surface area contributed by atoms with Crippen molar-refractivity contribution >= 4 is 28.6 Å². The van der Waals surface area contributed by atoms with E-state index >= 15 is 0 Å². The first-order valence-electron chi connectivity index (χ1n) is 10.8. The van der Waals surface area contributed by atoms with Gasteiger partial charge in [0.15, 0.2) is 5.43 Å². The maximum absolute atomic E-state index is 13.0. The third kappa shape index (κ3) is 5.59. The van der Waals surface area contributed by atoms with Gasteiger partial charge in [-0.2, -0.15) is 0 Å². The zero-order chi connectivity index (χ0) is 24.2. The number of furan rings is 2. The standard InChI is InChI=1S/C25H26ClN3O5/c1-28(14-22(30)17-7-8-33-15-17)13-20-10-21-24(32)18(12-29(2)25(21)34-20)9-23(31)27-11-16-3-5-19(26)6-4-16/h3-8,10,12,15,22,30H,9,11,13-14H2,1-2H3,(H,27,31). The molecule has 0 bridgehead atoms. The topological polar surface area (TPSA) is 101 Å². The minimum Gasteiger partial charge on any atom is -0.472 e. The zero-order valence-corrected chi connectivity index (χ0v) is 19.7. The second-order valence-electron chi connectivity index (χ2n) is 8.38. The van der Waals surface area contributed by atoms with Gasteiger partial charge in [-0.25, -0.2) is 0 Å². The quantitative estimate of drug-likeness (QED) is 0.378. The normalized spacial score (nSPS) is 12.4. The van der Waals surface area contributed by atoms with Crippen molar-refractivity contribution in [1.82, 2.24) is 14.8 Å². The summed E-state index contributed by atoms with van der Waals surface area (Å²) in [6.07, 6.45) is 3.93. The number of carbonyl (C=O) groups excluding carboxylic acids is 1. The number of hydrogen-bond donors (Lipinski definition) is 2. The van der Waals surface area contributed by atoms with Gasteiger partial charge in [-0.3, -0.25) is 14.5 Å². The number of carbonyl (C=O) groups is 1. The molecule has 0 radical (unpaired) electrons. The number of likely N-dealkylation sites (N-methyl/N-ethyl adjacent to an activating group) is 1. The van der Waals surface area contributed by atoms with Gasteiger partial charge in [0, 0.05) is 42.5 Å². The fourth-order valence-corrected chi connectivity index (χ4v) is 3.94. The number of halogens is 1. The molecular formula is C25H26ClN3O5. The van der Waals surface area contributed by atoms with Crippen LogP contribution in [0.15, 0.2) is 68.8 Å². The van der Waals surface area contributed by atoms with Crippen LogP contribution >= 0.6 is 11.6 Å². The molecule has 0 saturated carbocycles. The molecule has 0 aliphatic heterocycles. The lowest BCUT2D eigenvalue weighted by molar-refractivity contribution is -0.120. The first kappa shape index (κ1) is 23.8. The van der Waals surface area contributed by atoms with E-state index in [0.29, 0.717) is 52.6 Å². The predicted molar refractivity (Wildman–Crippen MR) is 128 cm³/mol. The molecule has 8 nitrogen and oxygen atoms in total. The Bertz CT molecular complexity index is 1330. The average Bonchev–Trinajstić information content (AvgIpc) is 3.47. The summed E-state index contributed by atoms with van der Waals surface area (Å²) in [7, 11) is 3.63. The van der Waals surface area contributed by atoms with Gasteiger partial charge in [0.2, 0.25) is 11.6 Å². The summed E-state index contributed by atoms with van der Waals surface area (Å²) in [5.41, 5.74) is 2.21. The van der Waals surface area contributed by atoms with E-state index in [4.69, 9.17) is 20.4 Å². The van der Waals surface area contributed by atoms with E-state index < -0.39 is 6.10 Å². The third-order valence-corrected chi connectivity index (χ3v) is 5.81. The van der Waals surface area contributed by atoms with Gasteiger partial charge in [-0.15, -0.1) is 0 Å². The van der Waals surface area contributed by atoms with Crippen molar-refractivity contribution in [3.63, 3.8) is 0 Å². The number of aliphatic hydroxyl groups excluding tert-OH is 1. The van der Waals surface area contributed by atoms with E-state index in [9.17, 15) is 14.7 Å². The van der Waals surface area contributed by atoms with Gasteiger partial charge in [0.1, 0.15) is 5.76 Å². The van der Waals surface area contributed by atoms with E-state index in [1.807, 2.05) is 24.1 Å². The molecule has 0 spiro atoms. The highest BCUT2D eigenvalue weighted by Crippen LogP contribution is 2.20. The second kappa shape index (κ2) is 10.3. The summed E-state index contributed by atoms with van der Waals surface area (Å²) < 4.78 is 12.6. The van der Waals surface area contributed by atoms with Crippen LogP contribution in [0.3, 0.4) is 0 Å². The molecule has 1 atom stereocenters. The van der Waals surface area contributed by atoms with Crippen LogP contribution in [-0.2, 0) is 31.4 Å². The molecule has 2 N–H and O–H groups in total. The van der Waals surface area contributed by atoms with Crippen LogP contribution < -0.4 is 10.7 Å². The van der Waals surface area contributed by atoms with Crippen molar-refractivity contribution in [1.29, 1.82) is 0 Å². The molecule has 3 aromatic heterocycles. The summed E-state index contributed by atoms with van der Waals surface area (Å²) in [5.74, 6) is 0.344. The third-order valence-electron chi connectivity index (χ3n) is 5.56. The maximum atomic E-state index is 13.0. The molecular weight excluding hydrogens is 458 g/mol. The summed E-state index contributed by atoms with van der Waals surface area (Å²) in [5, 5.41) is 14.2. The smallest absolute Gasteiger partial charge is 0.224 e. The minimum absolute atomic E-state index is 0.0342. The van der Waals surface area contributed by atoms with Crippen LogP contribution in [-0.4, -0.2) is 34.1 Å². The minimum atomic E-state index is -0.697. The zero-order valence-electron chi connectivity index (χ0n) is 19.0. The molecule has 178 valence electrons. The van der Waals surface area contributed by atoms with Crippen LogP contribution in [0.1, 0.15) is 28.6 Å². The predicted octanol–water partition coefficient (Wildman–Crippen LogP) is 3.40. The molecule has 0 aliphatic carbocycles. The van der Waals surface area contributed by atoms with Crippen LogP contribution in [0.5, 0.6) is 0 Å². The molecule has 4 aromatic rings. The fraction of sp³-hybridized carbons (Fsp3) is 0.280. The number of nitrogens with one attached hydrogen (secondary N) is 1. The number of fused-ring (bicyclic) bond motifs is 1. The van der Waals surface area contributed by atoms with Gasteiger partial charge >= 0.3 is 0 Å². The van der Waals surface area contributed by atoms with Crippen LogP contribution in [0.4, 0.5) is 0 Å². The van der Waals surface area contributed by atoms with Gasteiger partial charge < -0.3 is 23.8 Å². The van der Waals surface area contributed by atoms with E-state index in [1.165, 1.54) is 12.5 Å².